The number of benzene rings is 2. The van der Waals surface area contributed by atoms with Crippen molar-refractivity contribution >= 4 is 34.3 Å². The van der Waals surface area contributed by atoms with E-state index in [1.54, 1.807) is 0 Å². The average Bonchev–Trinajstić information content (AvgIpc) is 2.95. The molecule has 0 spiro atoms. The number of carboxylic acids is 1. The van der Waals surface area contributed by atoms with E-state index in [9.17, 15) is 32.3 Å². The van der Waals surface area contributed by atoms with E-state index in [1.807, 2.05) is 18.2 Å². The van der Waals surface area contributed by atoms with Gasteiger partial charge in [0.05, 0.1) is 13.1 Å². The largest absolute Gasteiger partial charge is 0.478 e. The number of nitrogens with one attached hydrogen (secondary N) is 2. The smallest absolute Gasteiger partial charge is 0.454 e. The molecule has 3 rings (SSSR count). The zero-order valence-corrected chi connectivity index (χ0v) is 22.6. The monoisotopic (exact) mass is 574 g/mol. The number of carbonyl (C=O) groups is 4. The molecule has 0 aromatic heterocycles. The van der Waals surface area contributed by atoms with Gasteiger partial charge in [-0.3, -0.25) is 19.3 Å². The summed E-state index contributed by atoms with van der Waals surface area (Å²) in [5, 5.41) is 15.6. The van der Waals surface area contributed by atoms with Gasteiger partial charge in [-0.2, -0.15) is 13.2 Å². The van der Waals surface area contributed by atoms with Gasteiger partial charge in [-0.05, 0) is 36.1 Å². The number of carboxylic acid groups (broad SMARTS) is 1. The molecule has 1 aliphatic rings. The fraction of sp³-hybridized carbons (Fsp3) is 0.379. The van der Waals surface area contributed by atoms with Crippen LogP contribution in [0.2, 0.25) is 0 Å². The van der Waals surface area contributed by atoms with Crippen LogP contribution in [0.4, 0.5) is 13.2 Å². The Kier molecular flexibility index (Phi) is 11.0. The van der Waals surface area contributed by atoms with Crippen molar-refractivity contribution in [3.8, 4) is 0 Å². The van der Waals surface area contributed by atoms with Gasteiger partial charge >= 0.3 is 12.1 Å². The Morgan fingerprint density at radius 3 is 2.39 bits per heavy atom. The minimum Gasteiger partial charge on any atom is -0.478 e. The molecule has 0 aliphatic carbocycles. The Labute approximate surface area is 235 Å². The molecule has 3 N–H and O–H groups in total. The second kappa shape index (κ2) is 14.4. The summed E-state index contributed by atoms with van der Waals surface area (Å²) in [5.41, 5.74) is 1.17. The van der Waals surface area contributed by atoms with E-state index in [4.69, 9.17) is 5.11 Å². The number of nitrogens with zero attached hydrogens (tertiary/aromatic N) is 2. The number of ketones is 1. The Morgan fingerprint density at radius 2 is 1.71 bits per heavy atom. The number of fused-ring (bicyclic) bond motifs is 1. The van der Waals surface area contributed by atoms with Crippen molar-refractivity contribution < 1.29 is 37.5 Å². The second-order valence-electron chi connectivity index (χ2n) is 9.68. The first kappa shape index (κ1) is 31.3. The van der Waals surface area contributed by atoms with Crippen molar-refractivity contribution in [3.05, 3.63) is 72.5 Å². The second-order valence-corrected chi connectivity index (χ2v) is 9.68. The summed E-state index contributed by atoms with van der Waals surface area (Å²) < 4.78 is 38.4. The first-order chi connectivity index (χ1) is 19.5. The molecule has 1 atom stereocenters. The maximum atomic E-state index is 12.8. The molecule has 1 aliphatic heterocycles. The molecule has 0 bridgehead atoms. The molecule has 0 unspecified atom stereocenters. The highest BCUT2D eigenvalue weighted by Crippen LogP contribution is 2.31. The lowest BCUT2D eigenvalue weighted by Gasteiger charge is -2.40. The summed E-state index contributed by atoms with van der Waals surface area (Å²) in [5.74, 6) is -4.38. The number of carbonyl (C=O) groups excluding carboxylic acids is 3. The Balaban J connectivity index is 1.62. The molecule has 2 aromatic rings. The third-order valence-corrected chi connectivity index (χ3v) is 6.94. The van der Waals surface area contributed by atoms with Gasteiger partial charge in [0.1, 0.15) is 0 Å². The van der Waals surface area contributed by atoms with Crippen LogP contribution in [0, 0.1) is 0 Å². The predicted molar refractivity (Wildman–Crippen MR) is 147 cm³/mol. The summed E-state index contributed by atoms with van der Waals surface area (Å²) >= 11 is 0. The van der Waals surface area contributed by atoms with Crippen molar-refractivity contribution in [2.24, 2.45) is 0 Å². The zero-order valence-electron chi connectivity index (χ0n) is 22.6. The van der Waals surface area contributed by atoms with Crippen molar-refractivity contribution in [2.45, 2.75) is 38.0 Å². The lowest BCUT2D eigenvalue weighted by Crippen LogP contribution is -2.47. The zero-order chi connectivity index (χ0) is 30.0. The molecule has 0 radical (unpaired) electrons. The quantitative estimate of drug-likeness (QED) is 0.333. The van der Waals surface area contributed by atoms with Gasteiger partial charge in [0, 0.05) is 50.1 Å². The number of hydrogen-bond donors (Lipinski definition) is 3. The molecule has 12 heteroatoms. The predicted octanol–water partition coefficient (Wildman–Crippen LogP) is 3.19. The molecule has 220 valence electrons. The minimum absolute atomic E-state index is 0.0504. The van der Waals surface area contributed by atoms with Gasteiger partial charge in [-0.15, -0.1) is 0 Å². The number of aliphatic carboxylic acids is 1. The van der Waals surface area contributed by atoms with E-state index in [-0.39, 0.29) is 25.2 Å². The standard InChI is InChI=1S/C29H33F3N4O5/c1-20(23-9-4-7-21-6-2-3-8-24(21)23)35-15-11-22(12-16-35)36(17-13-25(37)29(30,31)32)19-27(39)34-18-26(38)33-14-5-10-28(40)41/h2-10,13,17,20,22H,11-12,14-16,18-19H2,1H3,(H,33,38)(H,34,39)(H,40,41)/b10-5+,17-13+/t20-/m1/s1. The molecule has 1 heterocycles. The number of allylic oxidation sites excluding steroid dienone is 1. The van der Waals surface area contributed by atoms with Crippen molar-refractivity contribution in [2.75, 3.05) is 32.7 Å². The minimum atomic E-state index is -5.03. The van der Waals surface area contributed by atoms with Crippen LogP contribution in [0.3, 0.4) is 0 Å². The van der Waals surface area contributed by atoms with Gasteiger partial charge in [0.2, 0.25) is 11.8 Å². The fourth-order valence-electron chi connectivity index (χ4n) is 4.77. The molecule has 1 fully saturated rings. The molecular formula is C29H33F3N4O5. The number of likely N-dealkylation sites (tertiary alicyclic amines) is 1. The molecule has 9 nitrogen and oxygen atoms in total. The topological polar surface area (TPSA) is 119 Å². The van der Waals surface area contributed by atoms with Crippen LogP contribution in [0.1, 0.15) is 31.4 Å². The van der Waals surface area contributed by atoms with Gasteiger partial charge < -0.3 is 20.6 Å². The summed E-state index contributed by atoms with van der Waals surface area (Å²) in [6.45, 7) is 2.56. The third-order valence-electron chi connectivity index (χ3n) is 6.94. The summed E-state index contributed by atoms with van der Waals surface area (Å²) in [6.07, 6.45) is -0.443. The van der Waals surface area contributed by atoms with Crippen molar-refractivity contribution in [1.29, 1.82) is 0 Å². The Hall–Kier alpha value is -4.19. The summed E-state index contributed by atoms with van der Waals surface area (Å²) in [7, 11) is 0. The van der Waals surface area contributed by atoms with E-state index in [0.29, 0.717) is 32.0 Å². The van der Waals surface area contributed by atoms with E-state index in [1.165, 1.54) is 16.5 Å². The SMILES string of the molecule is C[C@H](c1cccc2ccccc12)N1CCC(N(/C=C/C(=O)C(F)(F)F)CC(=O)NCC(=O)NC/C=C/C(=O)O)CC1. The average molecular weight is 575 g/mol. The molecule has 41 heavy (non-hydrogen) atoms. The van der Waals surface area contributed by atoms with Crippen LogP contribution in [0.15, 0.2) is 66.9 Å². The van der Waals surface area contributed by atoms with Crippen LogP contribution < -0.4 is 10.6 Å². The highest BCUT2D eigenvalue weighted by Gasteiger charge is 2.36. The van der Waals surface area contributed by atoms with Gasteiger partial charge in [-0.25, -0.2) is 4.79 Å². The molecule has 0 saturated carbocycles. The maximum Gasteiger partial charge on any atom is 0.454 e. The van der Waals surface area contributed by atoms with Crippen molar-refractivity contribution in [3.63, 3.8) is 0 Å². The van der Waals surface area contributed by atoms with Crippen LogP contribution in [-0.2, 0) is 19.2 Å². The van der Waals surface area contributed by atoms with E-state index >= 15 is 0 Å². The molecular weight excluding hydrogens is 541 g/mol. The number of hydrogen-bond acceptors (Lipinski definition) is 6. The van der Waals surface area contributed by atoms with Gasteiger partial charge in [0.25, 0.3) is 5.78 Å². The lowest BCUT2D eigenvalue weighted by molar-refractivity contribution is -0.165. The van der Waals surface area contributed by atoms with E-state index in [2.05, 4.69) is 46.7 Å². The first-order valence-electron chi connectivity index (χ1n) is 13.2. The van der Waals surface area contributed by atoms with Crippen LogP contribution in [0.25, 0.3) is 10.8 Å². The molecule has 1 saturated heterocycles. The third kappa shape index (κ3) is 9.45. The number of piperidine rings is 1. The molecule has 2 amide bonds. The van der Waals surface area contributed by atoms with E-state index < -0.39 is 36.3 Å². The van der Waals surface area contributed by atoms with Gasteiger partial charge in [0.15, 0.2) is 0 Å². The van der Waals surface area contributed by atoms with E-state index in [0.717, 1.165) is 23.0 Å². The summed E-state index contributed by atoms with van der Waals surface area (Å²) in [4.78, 5) is 50.1. The van der Waals surface area contributed by atoms with Crippen LogP contribution in [0.5, 0.6) is 0 Å². The lowest BCUT2D eigenvalue weighted by atomic mass is 9.95. The Bertz CT molecular complexity index is 1300. The number of halogens is 3. The number of alkyl halides is 3. The Morgan fingerprint density at radius 1 is 1.02 bits per heavy atom. The van der Waals surface area contributed by atoms with Gasteiger partial charge in [-0.1, -0.05) is 48.5 Å². The van der Waals surface area contributed by atoms with Crippen molar-refractivity contribution in [1.82, 2.24) is 20.4 Å². The maximum absolute atomic E-state index is 12.8. The summed E-state index contributed by atoms with van der Waals surface area (Å²) in [6, 6.07) is 14.0. The van der Waals surface area contributed by atoms with Crippen LogP contribution >= 0.6 is 0 Å². The first-order valence-corrected chi connectivity index (χ1v) is 13.2. The fourth-order valence-corrected chi connectivity index (χ4v) is 4.77. The highest BCUT2D eigenvalue weighted by molar-refractivity contribution is 5.94. The molecule has 2 aromatic carbocycles. The highest BCUT2D eigenvalue weighted by atomic mass is 19.4. The number of rotatable bonds is 12. The van der Waals surface area contributed by atoms with Crippen LogP contribution in [-0.4, -0.2) is 83.4 Å². The number of amides is 2. The normalized spacial score (nSPS) is 15.7.